The van der Waals surface area contributed by atoms with Crippen LogP contribution in [0.5, 0.6) is 0 Å². The molecule has 18 heavy (non-hydrogen) atoms. The molecule has 1 atom stereocenters. The number of halogens is 1. The fourth-order valence-electron chi connectivity index (χ4n) is 1.41. The minimum Gasteiger partial charge on any atom is -0.478 e. The van der Waals surface area contributed by atoms with Crippen LogP contribution in [0.1, 0.15) is 28.3 Å². The van der Waals surface area contributed by atoms with Gasteiger partial charge in [0.2, 0.25) is 0 Å². The van der Waals surface area contributed by atoms with E-state index in [9.17, 15) is 4.79 Å². The van der Waals surface area contributed by atoms with Gasteiger partial charge in [-0.15, -0.1) is 11.3 Å². The third-order valence-corrected chi connectivity index (χ3v) is 3.53. The maximum absolute atomic E-state index is 10.9. The summed E-state index contributed by atoms with van der Waals surface area (Å²) in [6.45, 7) is 1.93. The molecule has 94 valence electrons. The van der Waals surface area contributed by atoms with Crippen LogP contribution in [-0.4, -0.2) is 21.0 Å². The Morgan fingerprint density at radius 1 is 1.56 bits per heavy atom. The third kappa shape index (κ3) is 2.77. The second-order valence-corrected chi connectivity index (χ2v) is 4.92. The van der Waals surface area contributed by atoms with Crippen LogP contribution in [0.25, 0.3) is 0 Å². The summed E-state index contributed by atoms with van der Waals surface area (Å²) >= 11 is 7.27. The fraction of sp³-hybridized carbons (Fsp3) is 0.182. The molecule has 0 spiro atoms. The van der Waals surface area contributed by atoms with Crippen LogP contribution in [-0.2, 0) is 0 Å². The van der Waals surface area contributed by atoms with Crippen LogP contribution in [0.3, 0.4) is 0 Å². The molecule has 2 N–H and O–H groups in total. The average molecular weight is 284 g/mol. The van der Waals surface area contributed by atoms with Gasteiger partial charge in [0.25, 0.3) is 0 Å². The first kappa shape index (κ1) is 12.8. The number of thiazole rings is 1. The first-order valence-electron chi connectivity index (χ1n) is 5.12. The lowest BCUT2D eigenvalue weighted by molar-refractivity contribution is 0.0697. The van der Waals surface area contributed by atoms with E-state index in [0.29, 0.717) is 5.82 Å². The van der Waals surface area contributed by atoms with E-state index >= 15 is 0 Å². The molecule has 1 unspecified atom stereocenters. The van der Waals surface area contributed by atoms with Gasteiger partial charge < -0.3 is 10.4 Å². The molecule has 0 fully saturated rings. The Bertz CT molecular complexity index is 559. The largest absolute Gasteiger partial charge is 0.478 e. The van der Waals surface area contributed by atoms with E-state index in [1.807, 2.05) is 12.3 Å². The van der Waals surface area contributed by atoms with Gasteiger partial charge in [-0.25, -0.2) is 14.8 Å². The van der Waals surface area contributed by atoms with Crippen molar-refractivity contribution in [1.82, 2.24) is 9.97 Å². The standard InChI is InChI=1S/C11H10ClN3O2S/c1-6(10-13-2-3-18-10)15-9-4-7(11(16)17)8(12)5-14-9/h2-6H,1H3,(H,14,15)(H,16,17). The molecule has 0 aliphatic carbocycles. The number of carboxylic acids is 1. The molecule has 0 saturated heterocycles. The molecular weight excluding hydrogens is 274 g/mol. The van der Waals surface area contributed by atoms with Gasteiger partial charge >= 0.3 is 5.97 Å². The van der Waals surface area contributed by atoms with Crippen molar-refractivity contribution >= 4 is 34.7 Å². The lowest BCUT2D eigenvalue weighted by atomic mass is 10.2. The highest BCUT2D eigenvalue weighted by Gasteiger charge is 2.13. The number of rotatable bonds is 4. The molecule has 0 radical (unpaired) electrons. The second kappa shape index (κ2) is 5.32. The predicted molar refractivity (Wildman–Crippen MR) is 70.4 cm³/mol. The summed E-state index contributed by atoms with van der Waals surface area (Å²) in [6, 6.07) is 1.37. The van der Waals surface area contributed by atoms with Crippen molar-refractivity contribution in [2.75, 3.05) is 5.32 Å². The van der Waals surface area contributed by atoms with Crippen LogP contribution >= 0.6 is 22.9 Å². The highest BCUT2D eigenvalue weighted by Crippen LogP contribution is 2.22. The van der Waals surface area contributed by atoms with Crippen LogP contribution in [0, 0.1) is 0 Å². The van der Waals surface area contributed by atoms with Crippen molar-refractivity contribution in [1.29, 1.82) is 0 Å². The molecule has 2 aromatic rings. The van der Waals surface area contributed by atoms with Crippen LogP contribution in [0.2, 0.25) is 5.02 Å². The summed E-state index contributed by atoms with van der Waals surface area (Å²) in [5.74, 6) is -0.619. The zero-order valence-corrected chi connectivity index (χ0v) is 11.0. The van der Waals surface area contributed by atoms with Crippen molar-refractivity contribution in [3.8, 4) is 0 Å². The molecule has 7 heteroatoms. The zero-order chi connectivity index (χ0) is 13.1. The number of hydrogen-bond acceptors (Lipinski definition) is 5. The number of hydrogen-bond donors (Lipinski definition) is 2. The van der Waals surface area contributed by atoms with Gasteiger partial charge in [0.1, 0.15) is 10.8 Å². The molecule has 0 aliphatic heterocycles. The van der Waals surface area contributed by atoms with Gasteiger partial charge in [-0.2, -0.15) is 0 Å². The molecule has 2 heterocycles. The Labute approximate surface area is 112 Å². The Kier molecular flexibility index (Phi) is 3.78. The highest BCUT2D eigenvalue weighted by atomic mass is 35.5. The van der Waals surface area contributed by atoms with Crippen molar-refractivity contribution in [2.24, 2.45) is 0 Å². The second-order valence-electron chi connectivity index (χ2n) is 3.59. The average Bonchev–Trinajstić information content (AvgIpc) is 2.85. The number of nitrogens with one attached hydrogen (secondary N) is 1. The third-order valence-electron chi connectivity index (χ3n) is 2.27. The number of nitrogens with zero attached hydrogens (tertiary/aromatic N) is 2. The predicted octanol–water partition coefficient (Wildman–Crippen LogP) is 3.06. The highest BCUT2D eigenvalue weighted by molar-refractivity contribution is 7.09. The van der Waals surface area contributed by atoms with Gasteiger partial charge in [-0.3, -0.25) is 0 Å². The summed E-state index contributed by atoms with van der Waals surface area (Å²) < 4.78 is 0. The molecule has 0 aliphatic rings. The van der Waals surface area contributed by atoms with E-state index in [1.165, 1.54) is 23.6 Å². The zero-order valence-electron chi connectivity index (χ0n) is 9.42. The quantitative estimate of drug-likeness (QED) is 0.902. The van der Waals surface area contributed by atoms with E-state index in [2.05, 4.69) is 15.3 Å². The molecule has 2 rings (SSSR count). The van der Waals surface area contributed by atoms with E-state index in [-0.39, 0.29) is 16.6 Å². The summed E-state index contributed by atoms with van der Waals surface area (Å²) in [5.41, 5.74) is 0.0282. The van der Waals surface area contributed by atoms with Crippen molar-refractivity contribution in [2.45, 2.75) is 13.0 Å². The number of anilines is 1. The van der Waals surface area contributed by atoms with E-state index < -0.39 is 5.97 Å². The van der Waals surface area contributed by atoms with Gasteiger partial charge in [0.05, 0.1) is 16.6 Å². The summed E-state index contributed by atoms with van der Waals surface area (Å²) in [7, 11) is 0. The minimum atomic E-state index is -1.08. The summed E-state index contributed by atoms with van der Waals surface area (Å²) in [5, 5.41) is 14.9. The molecule has 0 bridgehead atoms. The summed E-state index contributed by atoms with van der Waals surface area (Å²) in [4.78, 5) is 19.2. The Morgan fingerprint density at radius 3 is 2.94 bits per heavy atom. The topological polar surface area (TPSA) is 75.1 Å². The van der Waals surface area contributed by atoms with E-state index in [0.717, 1.165) is 5.01 Å². The maximum Gasteiger partial charge on any atom is 0.337 e. The number of carboxylic acid groups (broad SMARTS) is 1. The van der Waals surface area contributed by atoms with Crippen molar-refractivity contribution in [3.63, 3.8) is 0 Å². The smallest absolute Gasteiger partial charge is 0.337 e. The van der Waals surface area contributed by atoms with Crippen molar-refractivity contribution < 1.29 is 9.90 Å². The Morgan fingerprint density at radius 2 is 2.33 bits per heavy atom. The fourth-order valence-corrected chi connectivity index (χ4v) is 2.24. The SMILES string of the molecule is CC(Nc1cc(C(=O)O)c(Cl)cn1)c1nccs1. The number of aromatic carboxylic acids is 1. The minimum absolute atomic E-state index is 0.0282. The van der Waals surface area contributed by atoms with Gasteiger partial charge in [-0.1, -0.05) is 11.6 Å². The molecule has 0 saturated carbocycles. The maximum atomic E-state index is 10.9. The number of aromatic nitrogens is 2. The molecular formula is C11H10ClN3O2S. The van der Waals surface area contributed by atoms with Crippen LogP contribution in [0.4, 0.5) is 5.82 Å². The number of pyridine rings is 1. The Balaban J connectivity index is 2.20. The van der Waals surface area contributed by atoms with E-state index in [4.69, 9.17) is 16.7 Å². The van der Waals surface area contributed by atoms with Gasteiger partial charge in [-0.05, 0) is 13.0 Å². The molecule has 5 nitrogen and oxygen atoms in total. The first-order valence-corrected chi connectivity index (χ1v) is 6.38. The van der Waals surface area contributed by atoms with Crippen LogP contribution < -0.4 is 5.32 Å². The number of carbonyl (C=O) groups is 1. The van der Waals surface area contributed by atoms with E-state index in [1.54, 1.807) is 6.20 Å². The molecule has 2 aromatic heterocycles. The summed E-state index contributed by atoms with van der Waals surface area (Å²) in [6.07, 6.45) is 3.04. The first-order chi connectivity index (χ1) is 8.58. The Hall–Kier alpha value is -1.66. The molecule has 0 aromatic carbocycles. The van der Waals surface area contributed by atoms with Gasteiger partial charge in [0.15, 0.2) is 0 Å². The lowest BCUT2D eigenvalue weighted by Crippen LogP contribution is -2.09. The van der Waals surface area contributed by atoms with Crippen molar-refractivity contribution in [3.05, 3.63) is 39.4 Å². The lowest BCUT2D eigenvalue weighted by Gasteiger charge is -2.12. The molecule has 0 amide bonds. The normalized spacial score (nSPS) is 12.1. The van der Waals surface area contributed by atoms with Crippen LogP contribution in [0.15, 0.2) is 23.8 Å². The van der Waals surface area contributed by atoms with Gasteiger partial charge in [0, 0.05) is 17.8 Å². The monoisotopic (exact) mass is 283 g/mol.